The highest BCUT2D eigenvalue weighted by atomic mass is 16.5. The second-order valence-corrected chi connectivity index (χ2v) is 7.00. The average Bonchev–Trinajstić information content (AvgIpc) is 2.74. The molecule has 3 rings (SSSR count). The van der Waals surface area contributed by atoms with Crippen LogP contribution < -0.4 is 10.1 Å². The molecule has 1 amide bonds. The maximum Gasteiger partial charge on any atom is 0.273 e. The highest BCUT2D eigenvalue weighted by Gasteiger charge is 2.20. The van der Waals surface area contributed by atoms with E-state index < -0.39 is 0 Å². The second-order valence-electron chi connectivity index (χ2n) is 7.00. The third kappa shape index (κ3) is 5.35. The van der Waals surface area contributed by atoms with Crippen LogP contribution >= 0.6 is 0 Å². The van der Waals surface area contributed by atoms with Crippen molar-refractivity contribution in [3.63, 3.8) is 0 Å². The number of amides is 1. The van der Waals surface area contributed by atoms with Gasteiger partial charge in [0.05, 0.1) is 12.3 Å². The SMILES string of the molecule is CCOc1ccccc1Nc1ccnc(C(=O)N(Cc2ccccc2)C(C)C)c1. The Morgan fingerprint density at radius 1 is 1.07 bits per heavy atom. The molecule has 5 heteroatoms. The normalized spacial score (nSPS) is 10.6. The van der Waals surface area contributed by atoms with Crippen LogP contribution in [-0.4, -0.2) is 28.4 Å². The van der Waals surface area contributed by atoms with Crippen LogP contribution in [0.4, 0.5) is 11.4 Å². The summed E-state index contributed by atoms with van der Waals surface area (Å²) in [6, 6.07) is 21.4. The van der Waals surface area contributed by atoms with E-state index in [-0.39, 0.29) is 11.9 Å². The van der Waals surface area contributed by atoms with E-state index in [0.717, 1.165) is 22.7 Å². The summed E-state index contributed by atoms with van der Waals surface area (Å²) in [7, 11) is 0. The summed E-state index contributed by atoms with van der Waals surface area (Å²) in [6.07, 6.45) is 1.65. The van der Waals surface area contributed by atoms with Crippen LogP contribution in [0.2, 0.25) is 0 Å². The Hall–Kier alpha value is -3.34. The first kappa shape index (κ1) is 20.4. The zero-order valence-corrected chi connectivity index (χ0v) is 17.1. The van der Waals surface area contributed by atoms with Crippen molar-refractivity contribution < 1.29 is 9.53 Å². The number of hydrogen-bond acceptors (Lipinski definition) is 4. The van der Waals surface area contributed by atoms with Gasteiger partial charge in [-0.05, 0) is 50.6 Å². The molecular formula is C24H27N3O2. The van der Waals surface area contributed by atoms with Gasteiger partial charge in [-0.1, -0.05) is 42.5 Å². The van der Waals surface area contributed by atoms with Crippen molar-refractivity contribution in [2.75, 3.05) is 11.9 Å². The molecule has 1 heterocycles. The summed E-state index contributed by atoms with van der Waals surface area (Å²) in [5.41, 5.74) is 3.14. The van der Waals surface area contributed by atoms with Crippen molar-refractivity contribution in [1.82, 2.24) is 9.88 Å². The number of para-hydroxylation sites is 2. The number of carbonyl (C=O) groups excluding carboxylic acids is 1. The molecule has 0 atom stereocenters. The first-order valence-corrected chi connectivity index (χ1v) is 9.88. The van der Waals surface area contributed by atoms with Crippen LogP contribution in [0.5, 0.6) is 5.75 Å². The number of hydrogen-bond donors (Lipinski definition) is 1. The molecule has 0 aliphatic carbocycles. The molecule has 0 saturated carbocycles. The Bertz CT molecular complexity index is 942. The maximum absolute atomic E-state index is 13.2. The fraction of sp³-hybridized carbons (Fsp3) is 0.250. The van der Waals surface area contributed by atoms with Gasteiger partial charge in [0.1, 0.15) is 11.4 Å². The van der Waals surface area contributed by atoms with Gasteiger partial charge >= 0.3 is 0 Å². The van der Waals surface area contributed by atoms with Gasteiger partial charge < -0.3 is 15.0 Å². The molecular weight excluding hydrogens is 362 g/mol. The number of aromatic nitrogens is 1. The quantitative estimate of drug-likeness (QED) is 0.570. The molecule has 0 radical (unpaired) electrons. The lowest BCUT2D eigenvalue weighted by Crippen LogP contribution is -2.36. The first-order valence-electron chi connectivity index (χ1n) is 9.88. The molecule has 150 valence electrons. The smallest absolute Gasteiger partial charge is 0.273 e. The number of ether oxygens (including phenoxy) is 1. The third-order valence-corrected chi connectivity index (χ3v) is 4.52. The Balaban J connectivity index is 1.81. The van der Waals surface area contributed by atoms with Gasteiger partial charge in [-0.3, -0.25) is 9.78 Å². The van der Waals surface area contributed by atoms with Gasteiger partial charge in [0.25, 0.3) is 5.91 Å². The Morgan fingerprint density at radius 2 is 1.79 bits per heavy atom. The molecule has 29 heavy (non-hydrogen) atoms. The summed E-state index contributed by atoms with van der Waals surface area (Å²) in [5.74, 6) is 0.679. The molecule has 1 N–H and O–H groups in total. The van der Waals surface area contributed by atoms with Crippen molar-refractivity contribution in [1.29, 1.82) is 0 Å². The van der Waals surface area contributed by atoms with E-state index in [1.807, 2.05) is 86.3 Å². The minimum atomic E-state index is -0.0920. The van der Waals surface area contributed by atoms with Gasteiger partial charge in [-0.25, -0.2) is 0 Å². The molecule has 0 bridgehead atoms. The number of nitrogens with zero attached hydrogens (tertiary/aromatic N) is 2. The van der Waals surface area contributed by atoms with Gasteiger partial charge in [-0.15, -0.1) is 0 Å². The standard InChI is InChI=1S/C24H27N3O2/c1-4-29-23-13-9-8-12-21(23)26-20-14-15-25-22(16-20)24(28)27(18(2)3)17-19-10-6-5-7-11-19/h5-16,18H,4,17H2,1-3H3,(H,25,26). The Morgan fingerprint density at radius 3 is 2.52 bits per heavy atom. The summed E-state index contributed by atoms with van der Waals surface area (Å²) < 4.78 is 5.67. The minimum absolute atomic E-state index is 0.0554. The number of pyridine rings is 1. The van der Waals surface area contributed by atoms with Crippen LogP contribution in [0.15, 0.2) is 72.9 Å². The van der Waals surface area contributed by atoms with Gasteiger partial charge in [0.2, 0.25) is 0 Å². The van der Waals surface area contributed by atoms with Crippen LogP contribution in [0.25, 0.3) is 0 Å². The summed E-state index contributed by atoms with van der Waals surface area (Å²) in [5, 5.41) is 3.33. The molecule has 3 aromatic rings. The van der Waals surface area contributed by atoms with Crippen molar-refractivity contribution in [2.45, 2.75) is 33.4 Å². The molecule has 5 nitrogen and oxygen atoms in total. The highest BCUT2D eigenvalue weighted by Crippen LogP contribution is 2.27. The van der Waals surface area contributed by atoms with Gasteiger partial charge in [0, 0.05) is 24.5 Å². The van der Waals surface area contributed by atoms with E-state index in [0.29, 0.717) is 18.8 Å². The summed E-state index contributed by atoms with van der Waals surface area (Å²) in [4.78, 5) is 19.3. The van der Waals surface area contributed by atoms with E-state index in [1.54, 1.807) is 12.3 Å². The molecule has 1 aromatic heterocycles. The second kappa shape index (κ2) is 9.73. The van der Waals surface area contributed by atoms with Crippen LogP contribution in [-0.2, 0) is 6.54 Å². The zero-order valence-electron chi connectivity index (χ0n) is 17.1. The number of rotatable bonds is 8. The Kier molecular flexibility index (Phi) is 6.85. The number of carbonyl (C=O) groups is 1. The maximum atomic E-state index is 13.2. The minimum Gasteiger partial charge on any atom is -0.492 e. The molecule has 0 fully saturated rings. The number of anilines is 2. The molecule has 0 spiro atoms. The van der Waals surface area contributed by atoms with Crippen molar-refractivity contribution in [3.05, 3.63) is 84.2 Å². The largest absolute Gasteiger partial charge is 0.492 e. The van der Waals surface area contributed by atoms with Crippen LogP contribution in [0.3, 0.4) is 0 Å². The zero-order chi connectivity index (χ0) is 20.6. The van der Waals surface area contributed by atoms with Crippen LogP contribution in [0, 0.1) is 0 Å². The number of nitrogens with one attached hydrogen (secondary N) is 1. The van der Waals surface area contributed by atoms with Crippen molar-refractivity contribution in [2.24, 2.45) is 0 Å². The Labute approximate surface area is 172 Å². The van der Waals surface area contributed by atoms with Crippen molar-refractivity contribution >= 4 is 17.3 Å². The van der Waals surface area contributed by atoms with Crippen molar-refractivity contribution in [3.8, 4) is 5.75 Å². The first-order chi connectivity index (χ1) is 14.1. The number of benzene rings is 2. The molecule has 0 aliphatic heterocycles. The lowest BCUT2D eigenvalue weighted by molar-refractivity contribution is 0.0684. The molecule has 2 aromatic carbocycles. The van der Waals surface area contributed by atoms with Gasteiger partial charge in [0.15, 0.2) is 0 Å². The lowest BCUT2D eigenvalue weighted by Gasteiger charge is -2.26. The monoisotopic (exact) mass is 389 g/mol. The fourth-order valence-electron chi connectivity index (χ4n) is 3.05. The predicted molar refractivity (Wildman–Crippen MR) is 117 cm³/mol. The predicted octanol–water partition coefficient (Wildman–Crippen LogP) is 5.27. The fourth-order valence-corrected chi connectivity index (χ4v) is 3.05. The van der Waals surface area contributed by atoms with E-state index in [9.17, 15) is 4.79 Å². The summed E-state index contributed by atoms with van der Waals surface area (Å²) >= 11 is 0. The lowest BCUT2D eigenvalue weighted by atomic mass is 10.1. The average molecular weight is 389 g/mol. The van der Waals surface area contributed by atoms with E-state index in [1.165, 1.54) is 0 Å². The van der Waals surface area contributed by atoms with E-state index in [4.69, 9.17) is 4.74 Å². The molecule has 0 aliphatic rings. The summed E-state index contributed by atoms with van der Waals surface area (Å²) in [6.45, 7) is 7.11. The van der Waals surface area contributed by atoms with E-state index >= 15 is 0 Å². The molecule has 0 saturated heterocycles. The van der Waals surface area contributed by atoms with E-state index in [2.05, 4.69) is 10.3 Å². The molecule has 0 unspecified atom stereocenters. The van der Waals surface area contributed by atoms with Crippen LogP contribution in [0.1, 0.15) is 36.8 Å². The third-order valence-electron chi connectivity index (χ3n) is 4.52. The van der Waals surface area contributed by atoms with Gasteiger partial charge in [-0.2, -0.15) is 0 Å². The highest BCUT2D eigenvalue weighted by molar-refractivity contribution is 5.93. The topological polar surface area (TPSA) is 54.5 Å².